The molecule has 1 aromatic heterocycles. The summed E-state index contributed by atoms with van der Waals surface area (Å²) in [4.78, 5) is 11.3. The maximum atomic E-state index is 11.3. The number of aromatic carboxylic acids is 1. The van der Waals surface area contributed by atoms with E-state index in [4.69, 9.17) is 23.2 Å². The van der Waals surface area contributed by atoms with Crippen LogP contribution >= 0.6 is 45.8 Å². The van der Waals surface area contributed by atoms with Gasteiger partial charge in [-0.05, 0) is 40.8 Å². The Kier molecular flexibility index (Phi) is 4.56. The molecule has 4 nitrogen and oxygen atoms in total. The molecule has 0 atom stereocenters. The van der Waals surface area contributed by atoms with Crippen LogP contribution in [0, 0.1) is 3.57 Å². The second-order valence-electron chi connectivity index (χ2n) is 5.57. The fourth-order valence-corrected chi connectivity index (χ4v) is 3.87. The van der Waals surface area contributed by atoms with E-state index in [-0.39, 0.29) is 11.1 Å². The van der Waals surface area contributed by atoms with Gasteiger partial charge in [0.05, 0.1) is 20.0 Å². The lowest BCUT2D eigenvalue weighted by Crippen LogP contribution is -2.19. The molecule has 1 N–H and O–H groups in total. The van der Waals surface area contributed by atoms with E-state index in [9.17, 15) is 9.90 Å². The van der Waals surface area contributed by atoms with E-state index in [0.29, 0.717) is 19.3 Å². The zero-order valence-corrected chi connectivity index (χ0v) is 15.3. The van der Waals surface area contributed by atoms with Crippen LogP contribution in [0.2, 0.25) is 10.0 Å². The van der Waals surface area contributed by atoms with E-state index in [1.165, 1.54) is 0 Å². The molecule has 2 aromatic rings. The Balaban J connectivity index is 2.79. The lowest BCUT2D eigenvalue weighted by molar-refractivity contribution is 0.0689. The second-order valence-corrected chi connectivity index (χ2v) is 7.50. The molecule has 112 valence electrons. The summed E-state index contributed by atoms with van der Waals surface area (Å²) in [6, 6.07) is 5.04. The van der Waals surface area contributed by atoms with Gasteiger partial charge in [-0.2, -0.15) is 5.10 Å². The molecule has 0 unspecified atom stereocenters. The standard InChI is InChI=1S/C14H13Cl2IN2O2/c1-14(2,3)12-10(17)11(13(20)21)18-19(12)9-5-4-7(15)6-8(9)16/h4-6H,1-3H3,(H,20,21). The summed E-state index contributed by atoms with van der Waals surface area (Å²) < 4.78 is 2.20. The van der Waals surface area contributed by atoms with E-state index in [1.54, 1.807) is 22.9 Å². The molecule has 0 saturated carbocycles. The summed E-state index contributed by atoms with van der Waals surface area (Å²) >= 11 is 14.2. The van der Waals surface area contributed by atoms with Gasteiger partial charge in [0, 0.05) is 10.4 Å². The summed E-state index contributed by atoms with van der Waals surface area (Å²) in [5, 5.41) is 14.4. The first kappa shape index (κ1) is 16.6. The normalized spacial score (nSPS) is 11.7. The molecule has 1 aromatic carbocycles. The van der Waals surface area contributed by atoms with Gasteiger partial charge in [-0.1, -0.05) is 44.0 Å². The number of carboxylic acids is 1. The van der Waals surface area contributed by atoms with Gasteiger partial charge in [0.15, 0.2) is 5.69 Å². The van der Waals surface area contributed by atoms with Crippen LogP contribution in [0.25, 0.3) is 5.69 Å². The Morgan fingerprint density at radius 2 is 1.95 bits per heavy atom. The molecule has 21 heavy (non-hydrogen) atoms. The third-order valence-electron chi connectivity index (χ3n) is 2.88. The van der Waals surface area contributed by atoms with Crippen molar-refractivity contribution in [3.8, 4) is 5.69 Å². The molecule has 0 amide bonds. The number of nitrogens with zero attached hydrogens (tertiary/aromatic N) is 2. The van der Waals surface area contributed by atoms with Crippen LogP contribution in [-0.4, -0.2) is 20.9 Å². The smallest absolute Gasteiger partial charge is 0.357 e. The number of rotatable bonds is 2. The van der Waals surface area contributed by atoms with Crippen molar-refractivity contribution >= 4 is 51.8 Å². The maximum absolute atomic E-state index is 11.3. The highest BCUT2D eigenvalue weighted by atomic mass is 127. The first-order valence-electron chi connectivity index (χ1n) is 6.10. The van der Waals surface area contributed by atoms with Crippen molar-refractivity contribution in [2.24, 2.45) is 0 Å². The predicted octanol–water partition coefficient (Wildman–Crippen LogP) is 4.78. The molecule has 1 heterocycles. The molecule has 0 aliphatic carbocycles. The van der Waals surface area contributed by atoms with Crippen molar-refractivity contribution in [1.29, 1.82) is 0 Å². The highest BCUT2D eigenvalue weighted by Gasteiger charge is 2.30. The number of hydrogen-bond acceptors (Lipinski definition) is 2. The van der Waals surface area contributed by atoms with Crippen LogP contribution in [0.3, 0.4) is 0 Å². The van der Waals surface area contributed by atoms with Crippen LogP contribution < -0.4 is 0 Å². The number of carboxylic acid groups (broad SMARTS) is 1. The predicted molar refractivity (Wildman–Crippen MR) is 92.0 cm³/mol. The monoisotopic (exact) mass is 438 g/mol. The van der Waals surface area contributed by atoms with Crippen LogP contribution in [0.5, 0.6) is 0 Å². The molecule has 0 aliphatic heterocycles. The molecule has 2 rings (SSSR count). The van der Waals surface area contributed by atoms with Crippen molar-refractivity contribution < 1.29 is 9.90 Å². The zero-order chi connectivity index (χ0) is 15.9. The summed E-state index contributed by atoms with van der Waals surface area (Å²) in [5.41, 5.74) is 1.13. The zero-order valence-electron chi connectivity index (χ0n) is 11.6. The van der Waals surface area contributed by atoms with E-state index < -0.39 is 5.97 Å². The minimum atomic E-state index is -1.06. The van der Waals surface area contributed by atoms with E-state index >= 15 is 0 Å². The largest absolute Gasteiger partial charge is 0.476 e. The fourth-order valence-electron chi connectivity index (χ4n) is 2.01. The Morgan fingerprint density at radius 1 is 1.33 bits per heavy atom. The first-order chi connectivity index (χ1) is 9.62. The van der Waals surface area contributed by atoms with E-state index in [1.807, 2.05) is 43.4 Å². The van der Waals surface area contributed by atoms with Crippen LogP contribution in [-0.2, 0) is 5.41 Å². The summed E-state index contributed by atoms with van der Waals surface area (Å²) in [7, 11) is 0. The second kappa shape index (κ2) is 5.78. The molecule has 0 spiro atoms. The molecule has 7 heteroatoms. The number of benzene rings is 1. The number of halogens is 3. The summed E-state index contributed by atoms with van der Waals surface area (Å²) in [6.45, 7) is 5.99. The van der Waals surface area contributed by atoms with Crippen molar-refractivity contribution in [1.82, 2.24) is 9.78 Å². The highest BCUT2D eigenvalue weighted by Crippen LogP contribution is 2.34. The van der Waals surface area contributed by atoms with Crippen molar-refractivity contribution in [2.75, 3.05) is 0 Å². The van der Waals surface area contributed by atoms with E-state index in [2.05, 4.69) is 5.10 Å². The summed E-state index contributed by atoms with van der Waals surface area (Å²) in [5.74, 6) is -1.06. The van der Waals surface area contributed by atoms with Crippen molar-refractivity contribution in [3.63, 3.8) is 0 Å². The lowest BCUT2D eigenvalue weighted by atomic mass is 9.91. The lowest BCUT2D eigenvalue weighted by Gasteiger charge is -2.21. The van der Waals surface area contributed by atoms with E-state index in [0.717, 1.165) is 5.69 Å². The van der Waals surface area contributed by atoms with Gasteiger partial charge in [-0.15, -0.1) is 0 Å². The number of carbonyl (C=O) groups is 1. The number of aromatic nitrogens is 2. The SMILES string of the molecule is CC(C)(C)c1c(I)c(C(=O)O)nn1-c1ccc(Cl)cc1Cl. The Hall–Kier alpha value is -0.790. The van der Waals surface area contributed by atoms with Crippen LogP contribution in [0.4, 0.5) is 0 Å². The molecule has 0 saturated heterocycles. The molecule has 0 aliphatic rings. The van der Waals surface area contributed by atoms with Gasteiger partial charge in [-0.3, -0.25) is 0 Å². The quantitative estimate of drug-likeness (QED) is 0.686. The van der Waals surface area contributed by atoms with Gasteiger partial charge >= 0.3 is 5.97 Å². The minimum absolute atomic E-state index is 0.0199. The average molecular weight is 439 g/mol. The summed E-state index contributed by atoms with van der Waals surface area (Å²) in [6.07, 6.45) is 0. The third-order valence-corrected chi connectivity index (χ3v) is 4.44. The Morgan fingerprint density at radius 3 is 2.43 bits per heavy atom. The molecule has 0 bridgehead atoms. The van der Waals surface area contributed by atoms with Crippen molar-refractivity contribution in [2.45, 2.75) is 26.2 Å². The fraction of sp³-hybridized carbons (Fsp3) is 0.286. The Bertz CT molecular complexity index is 720. The van der Waals surface area contributed by atoms with Crippen LogP contribution in [0.15, 0.2) is 18.2 Å². The molecular formula is C14H13Cl2IN2O2. The third kappa shape index (κ3) is 3.19. The topological polar surface area (TPSA) is 55.1 Å². The number of hydrogen-bond donors (Lipinski definition) is 1. The van der Waals surface area contributed by atoms with Gasteiger partial charge in [0.1, 0.15) is 0 Å². The van der Waals surface area contributed by atoms with Gasteiger partial charge in [0.2, 0.25) is 0 Å². The molecule has 0 fully saturated rings. The van der Waals surface area contributed by atoms with Crippen molar-refractivity contribution in [3.05, 3.63) is 43.2 Å². The maximum Gasteiger partial charge on any atom is 0.357 e. The van der Waals surface area contributed by atoms with Crippen LogP contribution in [0.1, 0.15) is 37.0 Å². The average Bonchev–Trinajstić information content (AvgIpc) is 2.66. The minimum Gasteiger partial charge on any atom is -0.476 e. The Labute approximate surface area is 146 Å². The molecular weight excluding hydrogens is 426 g/mol. The van der Waals surface area contributed by atoms with Gasteiger partial charge in [0.25, 0.3) is 0 Å². The van der Waals surface area contributed by atoms with Gasteiger partial charge < -0.3 is 5.11 Å². The molecule has 0 radical (unpaired) electrons. The highest BCUT2D eigenvalue weighted by molar-refractivity contribution is 14.1. The first-order valence-corrected chi connectivity index (χ1v) is 7.94. The van der Waals surface area contributed by atoms with Gasteiger partial charge in [-0.25, -0.2) is 9.48 Å².